The van der Waals surface area contributed by atoms with Gasteiger partial charge in [-0.15, -0.1) is 0 Å². The molecule has 0 saturated heterocycles. The largest absolute Gasteiger partial charge is 0.496 e. The summed E-state index contributed by atoms with van der Waals surface area (Å²) in [6.07, 6.45) is 0. The number of nitrogens with zero attached hydrogens (tertiary/aromatic N) is 1. The lowest BCUT2D eigenvalue weighted by Gasteiger charge is -2.18. The van der Waals surface area contributed by atoms with Crippen LogP contribution in [0.3, 0.4) is 0 Å². The molecule has 1 unspecified atom stereocenters. The first kappa shape index (κ1) is 16.4. The molecule has 0 saturated carbocycles. The van der Waals surface area contributed by atoms with Gasteiger partial charge in [0, 0.05) is 6.07 Å². The van der Waals surface area contributed by atoms with Gasteiger partial charge in [-0.2, -0.15) is 0 Å². The molecule has 0 aliphatic rings. The molecular formula is C13H16N2O6. The highest BCUT2D eigenvalue weighted by Gasteiger charge is 2.30. The number of benzene rings is 1. The highest BCUT2D eigenvalue weighted by molar-refractivity contribution is 6.02. The molecule has 114 valence electrons. The Kier molecular flexibility index (Phi) is 5.23. The number of ether oxygens (including phenoxy) is 1. The molecule has 1 rings (SSSR count). The first-order valence-electron chi connectivity index (χ1n) is 6.14. The van der Waals surface area contributed by atoms with Gasteiger partial charge in [0.25, 0.3) is 11.6 Å². The van der Waals surface area contributed by atoms with E-state index in [0.717, 1.165) is 6.07 Å². The van der Waals surface area contributed by atoms with Crippen molar-refractivity contribution in [3.63, 3.8) is 0 Å². The zero-order valence-corrected chi connectivity index (χ0v) is 11.8. The molecule has 0 aliphatic heterocycles. The Morgan fingerprint density at radius 3 is 2.43 bits per heavy atom. The van der Waals surface area contributed by atoms with Crippen LogP contribution < -0.4 is 10.1 Å². The molecule has 0 aromatic heterocycles. The summed E-state index contributed by atoms with van der Waals surface area (Å²) in [4.78, 5) is 33.6. The van der Waals surface area contributed by atoms with Crippen molar-refractivity contribution in [2.24, 2.45) is 5.92 Å². The van der Waals surface area contributed by atoms with Gasteiger partial charge in [0.1, 0.15) is 11.8 Å². The van der Waals surface area contributed by atoms with Crippen LogP contribution in [0.25, 0.3) is 0 Å². The van der Waals surface area contributed by atoms with Crippen molar-refractivity contribution in [2.75, 3.05) is 7.11 Å². The molecule has 21 heavy (non-hydrogen) atoms. The van der Waals surface area contributed by atoms with Crippen LogP contribution in [0.5, 0.6) is 5.75 Å². The number of hydrogen-bond acceptors (Lipinski definition) is 5. The number of carboxylic acid groups (broad SMARTS) is 1. The van der Waals surface area contributed by atoms with E-state index in [1.165, 1.54) is 19.2 Å². The lowest BCUT2D eigenvalue weighted by Crippen LogP contribution is -2.44. The Morgan fingerprint density at radius 2 is 2.00 bits per heavy atom. The summed E-state index contributed by atoms with van der Waals surface area (Å²) in [6.45, 7) is 3.24. The standard InChI is InChI=1S/C13H16N2O6/c1-7(2)11(13(17)18)14-12(16)10-8(15(19)20)5-4-6-9(10)21-3/h4-7,11H,1-3H3,(H,14,16)(H,17,18). The van der Waals surface area contributed by atoms with Gasteiger partial charge >= 0.3 is 5.97 Å². The normalized spacial score (nSPS) is 11.8. The van der Waals surface area contributed by atoms with Crippen LogP contribution in [-0.2, 0) is 4.79 Å². The minimum atomic E-state index is -1.21. The number of aliphatic carboxylic acids is 1. The maximum absolute atomic E-state index is 12.2. The van der Waals surface area contributed by atoms with Gasteiger partial charge in [-0.1, -0.05) is 19.9 Å². The van der Waals surface area contributed by atoms with Crippen LogP contribution in [0.2, 0.25) is 0 Å². The molecule has 1 amide bonds. The monoisotopic (exact) mass is 296 g/mol. The fourth-order valence-corrected chi connectivity index (χ4v) is 1.80. The summed E-state index contributed by atoms with van der Waals surface area (Å²) < 4.78 is 4.95. The number of amides is 1. The minimum Gasteiger partial charge on any atom is -0.496 e. The molecule has 1 aromatic rings. The Bertz CT molecular complexity index is 570. The lowest BCUT2D eigenvalue weighted by molar-refractivity contribution is -0.385. The summed E-state index contributed by atoms with van der Waals surface area (Å²) in [5.74, 6) is -2.44. The molecule has 0 spiro atoms. The molecule has 2 N–H and O–H groups in total. The lowest BCUT2D eigenvalue weighted by atomic mass is 10.0. The van der Waals surface area contributed by atoms with Crippen LogP contribution in [0.4, 0.5) is 5.69 Å². The molecule has 0 bridgehead atoms. The Morgan fingerprint density at radius 1 is 1.38 bits per heavy atom. The van der Waals surface area contributed by atoms with E-state index in [1.54, 1.807) is 13.8 Å². The topological polar surface area (TPSA) is 119 Å². The fraction of sp³-hybridized carbons (Fsp3) is 0.385. The summed E-state index contributed by atoms with van der Waals surface area (Å²) >= 11 is 0. The van der Waals surface area contributed by atoms with Gasteiger partial charge in [0.15, 0.2) is 5.56 Å². The van der Waals surface area contributed by atoms with E-state index in [0.29, 0.717) is 0 Å². The van der Waals surface area contributed by atoms with Crippen LogP contribution in [0, 0.1) is 16.0 Å². The molecule has 1 aromatic carbocycles. The second-order valence-corrected chi connectivity index (χ2v) is 4.64. The second-order valence-electron chi connectivity index (χ2n) is 4.64. The summed E-state index contributed by atoms with van der Waals surface area (Å²) in [6, 6.07) is 2.78. The van der Waals surface area contributed by atoms with Gasteiger partial charge in [0.05, 0.1) is 12.0 Å². The van der Waals surface area contributed by atoms with Crippen molar-refractivity contribution in [3.8, 4) is 5.75 Å². The number of nitro groups is 1. The van der Waals surface area contributed by atoms with Gasteiger partial charge < -0.3 is 15.2 Å². The van der Waals surface area contributed by atoms with Gasteiger partial charge in [-0.05, 0) is 12.0 Å². The molecule has 8 nitrogen and oxygen atoms in total. The average Bonchev–Trinajstić information content (AvgIpc) is 2.42. The number of nitro benzene ring substituents is 1. The number of methoxy groups -OCH3 is 1. The van der Waals surface area contributed by atoms with E-state index >= 15 is 0 Å². The number of nitrogens with one attached hydrogen (secondary N) is 1. The highest BCUT2D eigenvalue weighted by Crippen LogP contribution is 2.28. The quantitative estimate of drug-likeness (QED) is 0.605. The molecule has 0 radical (unpaired) electrons. The average molecular weight is 296 g/mol. The van der Waals surface area contributed by atoms with Crippen LogP contribution in [-0.4, -0.2) is 35.1 Å². The van der Waals surface area contributed by atoms with E-state index in [9.17, 15) is 19.7 Å². The maximum Gasteiger partial charge on any atom is 0.326 e. The Hall–Kier alpha value is -2.64. The number of carbonyl (C=O) groups is 2. The maximum atomic E-state index is 12.2. The number of hydrogen-bond donors (Lipinski definition) is 2. The van der Waals surface area contributed by atoms with Crippen molar-refractivity contribution in [3.05, 3.63) is 33.9 Å². The van der Waals surface area contributed by atoms with E-state index in [4.69, 9.17) is 9.84 Å². The third kappa shape index (κ3) is 3.68. The van der Waals surface area contributed by atoms with Crippen molar-refractivity contribution >= 4 is 17.6 Å². The van der Waals surface area contributed by atoms with E-state index < -0.39 is 28.5 Å². The summed E-state index contributed by atoms with van der Waals surface area (Å²) in [5, 5.41) is 22.3. The molecule has 0 fully saturated rings. The Balaban J connectivity index is 3.23. The van der Waals surface area contributed by atoms with E-state index in [1.807, 2.05) is 0 Å². The zero-order chi connectivity index (χ0) is 16.2. The molecule has 1 atom stereocenters. The first-order chi connectivity index (χ1) is 9.79. The third-order valence-electron chi connectivity index (χ3n) is 2.87. The summed E-state index contributed by atoms with van der Waals surface area (Å²) in [7, 11) is 1.27. The number of carboxylic acids is 1. The second kappa shape index (κ2) is 6.69. The van der Waals surface area contributed by atoms with E-state index in [-0.39, 0.29) is 17.2 Å². The van der Waals surface area contributed by atoms with Crippen molar-refractivity contribution in [2.45, 2.75) is 19.9 Å². The SMILES string of the molecule is COc1cccc([N+](=O)[O-])c1C(=O)NC(C(=O)O)C(C)C. The summed E-state index contributed by atoms with van der Waals surface area (Å²) in [5.41, 5.74) is -0.739. The minimum absolute atomic E-state index is 0.00888. The number of rotatable bonds is 6. The molecule has 0 heterocycles. The smallest absolute Gasteiger partial charge is 0.326 e. The van der Waals surface area contributed by atoms with Gasteiger partial charge in [0.2, 0.25) is 0 Å². The Labute approximate surface area is 120 Å². The predicted molar refractivity (Wildman–Crippen MR) is 73.4 cm³/mol. The molecule has 0 aliphatic carbocycles. The van der Waals surface area contributed by atoms with Gasteiger partial charge in [-0.25, -0.2) is 4.79 Å². The zero-order valence-electron chi connectivity index (χ0n) is 11.8. The van der Waals surface area contributed by atoms with Crippen LogP contribution in [0.15, 0.2) is 18.2 Å². The molecular weight excluding hydrogens is 280 g/mol. The van der Waals surface area contributed by atoms with Crippen LogP contribution in [0.1, 0.15) is 24.2 Å². The molecule has 8 heteroatoms. The predicted octanol–water partition coefficient (Wildman–Crippen LogP) is 1.44. The van der Waals surface area contributed by atoms with Crippen molar-refractivity contribution in [1.29, 1.82) is 0 Å². The third-order valence-corrected chi connectivity index (χ3v) is 2.87. The number of carbonyl (C=O) groups excluding carboxylic acids is 1. The van der Waals surface area contributed by atoms with Crippen molar-refractivity contribution in [1.82, 2.24) is 5.32 Å². The first-order valence-corrected chi connectivity index (χ1v) is 6.14. The fourth-order valence-electron chi connectivity index (χ4n) is 1.80. The van der Waals surface area contributed by atoms with Gasteiger partial charge in [-0.3, -0.25) is 14.9 Å². The highest BCUT2D eigenvalue weighted by atomic mass is 16.6. The van der Waals surface area contributed by atoms with E-state index in [2.05, 4.69) is 5.32 Å². The van der Waals surface area contributed by atoms with Crippen molar-refractivity contribution < 1.29 is 24.4 Å². The van der Waals surface area contributed by atoms with Crippen LogP contribution >= 0.6 is 0 Å².